The predicted molar refractivity (Wildman–Crippen MR) is 97.1 cm³/mol. The lowest BCUT2D eigenvalue weighted by Crippen LogP contribution is -2.47. The number of carbonyl (C=O) groups excluding carboxylic acids is 1. The van der Waals surface area contributed by atoms with E-state index in [2.05, 4.69) is 48.6 Å². The van der Waals surface area contributed by atoms with Crippen molar-refractivity contribution in [1.82, 2.24) is 10.2 Å². The Kier molecular flexibility index (Phi) is 5.05. The number of carbonyl (C=O) groups is 1. The zero-order valence-corrected chi connectivity index (χ0v) is 14.3. The van der Waals surface area contributed by atoms with Gasteiger partial charge in [-0.1, -0.05) is 49.4 Å². The molecule has 4 heteroatoms. The highest BCUT2D eigenvalue weighted by Crippen LogP contribution is 2.29. The number of piperidine rings is 1. The van der Waals surface area contributed by atoms with Gasteiger partial charge in [-0.2, -0.15) is 0 Å². The highest BCUT2D eigenvalue weighted by Gasteiger charge is 2.31. The first kappa shape index (κ1) is 16.8. The quantitative estimate of drug-likeness (QED) is 0.906. The third kappa shape index (κ3) is 3.70. The number of hydrogen-bond acceptors (Lipinski definition) is 2. The topological polar surface area (TPSA) is 52.6 Å². The maximum Gasteiger partial charge on any atom is 0.317 e. The Morgan fingerprint density at radius 3 is 2.62 bits per heavy atom. The van der Waals surface area contributed by atoms with Crippen LogP contribution in [0.5, 0.6) is 0 Å². The number of aliphatic hydroxyl groups excluding tert-OH is 1. The van der Waals surface area contributed by atoms with E-state index < -0.39 is 0 Å². The van der Waals surface area contributed by atoms with Crippen LogP contribution in [-0.4, -0.2) is 42.3 Å². The number of urea groups is 1. The molecule has 2 N–H and O–H groups in total. The normalized spacial score (nSPS) is 17.0. The SMILES string of the molecule is CC1(CO)CCN(C(=O)NCCc2cccc3ccccc23)CC1. The Bertz CT molecular complexity index is 700. The molecule has 0 aromatic heterocycles. The van der Waals surface area contributed by atoms with Gasteiger partial charge in [0.25, 0.3) is 0 Å². The van der Waals surface area contributed by atoms with Crippen LogP contribution in [0.3, 0.4) is 0 Å². The molecule has 0 aliphatic carbocycles. The Morgan fingerprint density at radius 1 is 1.17 bits per heavy atom. The Balaban J connectivity index is 1.52. The maximum atomic E-state index is 12.3. The second-order valence-corrected chi connectivity index (χ2v) is 7.08. The van der Waals surface area contributed by atoms with Crippen molar-refractivity contribution in [2.75, 3.05) is 26.2 Å². The summed E-state index contributed by atoms with van der Waals surface area (Å²) in [5, 5.41) is 14.9. The van der Waals surface area contributed by atoms with Crippen LogP contribution < -0.4 is 5.32 Å². The highest BCUT2D eigenvalue weighted by molar-refractivity contribution is 5.85. The van der Waals surface area contributed by atoms with Crippen molar-refractivity contribution in [3.05, 3.63) is 48.0 Å². The van der Waals surface area contributed by atoms with Gasteiger partial charge in [-0.25, -0.2) is 4.79 Å². The van der Waals surface area contributed by atoms with Gasteiger partial charge in [0.2, 0.25) is 0 Å². The van der Waals surface area contributed by atoms with E-state index in [0.29, 0.717) is 6.54 Å². The van der Waals surface area contributed by atoms with E-state index in [9.17, 15) is 9.90 Å². The lowest BCUT2D eigenvalue weighted by molar-refractivity contribution is 0.0701. The Labute approximate surface area is 143 Å². The molecule has 24 heavy (non-hydrogen) atoms. The molecule has 0 bridgehead atoms. The van der Waals surface area contributed by atoms with E-state index in [1.54, 1.807) is 0 Å². The van der Waals surface area contributed by atoms with Crippen molar-refractivity contribution >= 4 is 16.8 Å². The predicted octanol–water partition coefficient (Wildman–Crippen LogP) is 3.19. The van der Waals surface area contributed by atoms with Gasteiger partial charge >= 0.3 is 6.03 Å². The fourth-order valence-corrected chi connectivity index (χ4v) is 3.33. The van der Waals surface area contributed by atoms with Crippen LogP contribution in [0.25, 0.3) is 10.8 Å². The van der Waals surface area contributed by atoms with Crippen molar-refractivity contribution in [3.63, 3.8) is 0 Å². The van der Waals surface area contributed by atoms with Gasteiger partial charge < -0.3 is 15.3 Å². The number of benzene rings is 2. The summed E-state index contributed by atoms with van der Waals surface area (Å²) in [6, 6.07) is 14.7. The molecule has 0 saturated carbocycles. The van der Waals surface area contributed by atoms with Crippen molar-refractivity contribution in [3.8, 4) is 0 Å². The van der Waals surface area contributed by atoms with Crippen molar-refractivity contribution in [2.45, 2.75) is 26.2 Å². The molecule has 2 aromatic carbocycles. The molecule has 3 rings (SSSR count). The van der Waals surface area contributed by atoms with E-state index >= 15 is 0 Å². The number of nitrogens with zero attached hydrogens (tertiary/aromatic N) is 1. The van der Waals surface area contributed by atoms with Crippen LogP contribution >= 0.6 is 0 Å². The summed E-state index contributed by atoms with van der Waals surface area (Å²) in [4.78, 5) is 14.2. The number of likely N-dealkylation sites (tertiary alicyclic amines) is 1. The van der Waals surface area contributed by atoms with Crippen LogP contribution in [0.4, 0.5) is 4.79 Å². The minimum Gasteiger partial charge on any atom is -0.396 e. The monoisotopic (exact) mass is 326 g/mol. The number of nitrogens with one attached hydrogen (secondary N) is 1. The van der Waals surface area contributed by atoms with E-state index in [4.69, 9.17) is 0 Å². The van der Waals surface area contributed by atoms with Crippen LogP contribution in [0.2, 0.25) is 0 Å². The summed E-state index contributed by atoms with van der Waals surface area (Å²) in [5.74, 6) is 0. The molecular weight excluding hydrogens is 300 g/mol. The van der Waals surface area contributed by atoms with E-state index in [0.717, 1.165) is 32.4 Å². The average molecular weight is 326 g/mol. The van der Waals surface area contributed by atoms with Gasteiger partial charge in [-0.05, 0) is 41.0 Å². The maximum absolute atomic E-state index is 12.3. The molecule has 0 spiro atoms. The van der Waals surface area contributed by atoms with E-state index in [1.165, 1.54) is 16.3 Å². The third-order valence-corrected chi connectivity index (χ3v) is 5.19. The largest absolute Gasteiger partial charge is 0.396 e. The van der Waals surface area contributed by atoms with Gasteiger partial charge in [0.05, 0.1) is 0 Å². The minimum atomic E-state index is -0.0280. The van der Waals surface area contributed by atoms with Crippen LogP contribution in [-0.2, 0) is 6.42 Å². The molecule has 0 atom stereocenters. The second kappa shape index (κ2) is 7.22. The van der Waals surface area contributed by atoms with Crippen molar-refractivity contribution in [1.29, 1.82) is 0 Å². The number of hydrogen-bond donors (Lipinski definition) is 2. The number of amides is 2. The van der Waals surface area contributed by atoms with Crippen molar-refractivity contribution < 1.29 is 9.90 Å². The Hall–Kier alpha value is -2.07. The lowest BCUT2D eigenvalue weighted by Gasteiger charge is -2.38. The smallest absolute Gasteiger partial charge is 0.317 e. The highest BCUT2D eigenvalue weighted by atomic mass is 16.3. The lowest BCUT2D eigenvalue weighted by atomic mass is 9.81. The molecule has 2 amide bonds. The van der Waals surface area contributed by atoms with E-state index in [1.807, 2.05) is 11.0 Å². The number of aliphatic hydroxyl groups is 1. The zero-order valence-electron chi connectivity index (χ0n) is 14.3. The third-order valence-electron chi connectivity index (χ3n) is 5.19. The summed E-state index contributed by atoms with van der Waals surface area (Å²) in [5.41, 5.74) is 1.24. The van der Waals surface area contributed by atoms with Crippen LogP contribution in [0, 0.1) is 5.41 Å². The first-order valence-corrected chi connectivity index (χ1v) is 8.72. The molecular formula is C20H26N2O2. The van der Waals surface area contributed by atoms with Crippen molar-refractivity contribution in [2.24, 2.45) is 5.41 Å². The summed E-state index contributed by atoms with van der Waals surface area (Å²) in [6.07, 6.45) is 2.55. The summed E-state index contributed by atoms with van der Waals surface area (Å²) in [6.45, 7) is 4.36. The summed E-state index contributed by atoms with van der Waals surface area (Å²) < 4.78 is 0. The second-order valence-electron chi connectivity index (χ2n) is 7.08. The van der Waals surface area contributed by atoms with Gasteiger partial charge in [0, 0.05) is 26.2 Å². The van der Waals surface area contributed by atoms with Gasteiger partial charge in [0.15, 0.2) is 0 Å². The van der Waals surface area contributed by atoms with Crippen LogP contribution in [0.15, 0.2) is 42.5 Å². The molecule has 1 saturated heterocycles. The van der Waals surface area contributed by atoms with Gasteiger partial charge in [-0.3, -0.25) is 0 Å². The van der Waals surface area contributed by atoms with E-state index in [-0.39, 0.29) is 18.1 Å². The number of rotatable bonds is 4. The number of fused-ring (bicyclic) bond motifs is 1. The van der Waals surface area contributed by atoms with Gasteiger partial charge in [-0.15, -0.1) is 0 Å². The fraction of sp³-hybridized carbons (Fsp3) is 0.450. The summed E-state index contributed by atoms with van der Waals surface area (Å²) >= 11 is 0. The molecule has 1 heterocycles. The minimum absolute atomic E-state index is 0.00947. The Morgan fingerprint density at radius 2 is 1.88 bits per heavy atom. The molecule has 1 aliphatic heterocycles. The zero-order chi connectivity index (χ0) is 17.0. The molecule has 4 nitrogen and oxygen atoms in total. The molecule has 1 fully saturated rings. The fourth-order valence-electron chi connectivity index (χ4n) is 3.33. The molecule has 1 aliphatic rings. The molecule has 0 unspecified atom stereocenters. The average Bonchev–Trinajstić information content (AvgIpc) is 2.62. The molecule has 2 aromatic rings. The first-order chi connectivity index (χ1) is 11.6. The van der Waals surface area contributed by atoms with Crippen LogP contribution in [0.1, 0.15) is 25.3 Å². The first-order valence-electron chi connectivity index (χ1n) is 8.72. The summed E-state index contributed by atoms with van der Waals surface area (Å²) in [7, 11) is 0. The van der Waals surface area contributed by atoms with Gasteiger partial charge in [0.1, 0.15) is 0 Å². The molecule has 128 valence electrons. The standard InChI is InChI=1S/C20H26N2O2/c1-20(15-23)10-13-22(14-11-20)19(24)21-12-9-17-7-4-6-16-5-2-3-8-18(16)17/h2-8,23H,9-15H2,1H3,(H,21,24). The molecule has 0 radical (unpaired) electrons.